The Morgan fingerprint density at radius 3 is 2.74 bits per heavy atom. The monoisotopic (exact) mass is 280 g/mol. The molecule has 0 aromatic carbocycles. The van der Waals surface area contributed by atoms with Gasteiger partial charge in [0.05, 0.1) is 0 Å². The summed E-state index contributed by atoms with van der Waals surface area (Å²) in [6.45, 7) is 14.8. The molecule has 0 aliphatic carbocycles. The van der Waals surface area contributed by atoms with Gasteiger partial charge in [-0.25, -0.2) is 0 Å². The molecule has 108 valence electrons. The van der Waals surface area contributed by atoms with Crippen molar-refractivity contribution in [1.82, 2.24) is 10.2 Å². The minimum Gasteiger partial charge on any atom is -0.310 e. The van der Waals surface area contributed by atoms with Crippen molar-refractivity contribution >= 4 is 11.3 Å². The fraction of sp³-hybridized carbons (Fsp3) is 0.750. The first-order valence-corrected chi connectivity index (χ1v) is 8.27. The Hall–Kier alpha value is -0.380. The van der Waals surface area contributed by atoms with Crippen LogP contribution in [0.25, 0.3) is 0 Å². The number of likely N-dealkylation sites (tertiary alicyclic amines) is 1. The highest BCUT2D eigenvalue weighted by Gasteiger charge is 2.31. The van der Waals surface area contributed by atoms with Crippen molar-refractivity contribution in [3.05, 3.63) is 21.4 Å². The first-order chi connectivity index (χ1) is 8.88. The van der Waals surface area contributed by atoms with Gasteiger partial charge >= 0.3 is 0 Å². The fourth-order valence-corrected chi connectivity index (χ4v) is 3.80. The van der Waals surface area contributed by atoms with E-state index in [2.05, 4.69) is 50.9 Å². The summed E-state index contributed by atoms with van der Waals surface area (Å²) in [4.78, 5) is 5.60. The summed E-state index contributed by atoms with van der Waals surface area (Å²) in [6, 6.07) is 2.97. The summed E-state index contributed by atoms with van der Waals surface area (Å²) in [7, 11) is 0. The van der Waals surface area contributed by atoms with Crippen molar-refractivity contribution in [2.24, 2.45) is 0 Å². The van der Waals surface area contributed by atoms with Gasteiger partial charge in [-0.2, -0.15) is 0 Å². The normalized spacial score (nSPS) is 19.5. The van der Waals surface area contributed by atoms with Crippen LogP contribution in [0.15, 0.2) is 6.07 Å². The van der Waals surface area contributed by atoms with Crippen molar-refractivity contribution in [2.45, 2.75) is 72.1 Å². The Balaban J connectivity index is 2.00. The molecule has 1 aromatic heterocycles. The first kappa shape index (κ1) is 15.0. The highest BCUT2D eigenvalue weighted by atomic mass is 32.1. The largest absolute Gasteiger partial charge is 0.310 e. The standard InChI is InChI=1S/C16H28N2S/c1-12(2)17-10-15-9-14(13(3)19-15)11-18-8-6-7-16(18,4)5/h9,12,17H,6-8,10-11H2,1-5H3. The van der Waals surface area contributed by atoms with Crippen molar-refractivity contribution < 1.29 is 0 Å². The number of thiophene rings is 1. The molecule has 0 saturated carbocycles. The predicted octanol–water partition coefficient (Wildman–Crippen LogP) is 3.93. The van der Waals surface area contributed by atoms with Crippen LogP contribution < -0.4 is 5.32 Å². The zero-order valence-electron chi connectivity index (χ0n) is 13.0. The molecule has 1 aliphatic heterocycles. The Labute approximate surface area is 122 Å². The maximum atomic E-state index is 3.51. The van der Waals surface area contributed by atoms with Gasteiger partial charge in [0.15, 0.2) is 0 Å². The molecule has 2 nitrogen and oxygen atoms in total. The summed E-state index contributed by atoms with van der Waals surface area (Å²) in [5.74, 6) is 0. The minimum atomic E-state index is 0.380. The van der Waals surface area contributed by atoms with Crippen LogP contribution in [-0.2, 0) is 13.1 Å². The third-order valence-corrected chi connectivity index (χ3v) is 5.28. The maximum absolute atomic E-state index is 3.51. The summed E-state index contributed by atoms with van der Waals surface area (Å²) in [5, 5.41) is 3.51. The molecule has 1 aromatic rings. The van der Waals surface area contributed by atoms with E-state index >= 15 is 0 Å². The second-order valence-electron chi connectivity index (χ2n) is 6.67. The SMILES string of the molecule is Cc1sc(CNC(C)C)cc1CN1CCCC1(C)C. The Bertz CT molecular complexity index is 420. The van der Waals surface area contributed by atoms with Gasteiger partial charge in [0.1, 0.15) is 0 Å². The van der Waals surface area contributed by atoms with E-state index in [1.54, 1.807) is 0 Å². The minimum absolute atomic E-state index is 0.380. The van der Waals surface area contributed by atoms with Crippen LogP contribution >= 0.6 is 11.3 Å². The van der Waals surface area contributed by atoms with E-state index in [1.807, 2.05) is 11.3 Å². The van der Waals surface area contributed by atoms with Gasteiger partial charge in [0.25, 0.3) is 0 Å². The van der Waals surface area contributed by atoms with Crippen molar-refractivity contribution in [3.8, 4) is 0 Å². The van der Waals surface area contributed by atoms with Gasteiger partial charge in [0, 0.05) is 34.4 Å². The molecule has 0 atom stereocenters. The average molecular weight is 280 g/mol. The molecule has 0 radical (unpaired) electrons. The molecule has 3 heteroatoms. The van der Waals surface area contributed by atoms with Crippen LogP contribution in [-0.4, -0.2) is 23.0 Å². The third kappa shape index (κ3) is 3.80. The molecule has 1 aliphatic rings. The summed E-state index contributed by atoms with van der Waals surface area (Å²) < 4.78 is 0. The smallest absolute Gasteiger partial charge is 0.0302 e. The van der Waals surface area contributed by atoms with Crippen LogP contribution in [0.1, 0.15) is 55.9 Å². The summed E-state index contributed by atoms with van der Waals surface area (Å²) in [5.41, 5.74) is 1.91. The van der Waals surface area contributed by atoms with Gasteiger partial charge in [-0.3, -0.25) is 4.90 Å². The number of rotatable bonds is 5. The molecule has 19 heavy (non-hydrogen) atoms. The zero-order chi connectivity index (χ0) is 14.0. The molecular formula is C16H28N2S. The van der Waals surface area contributed by atoms with Gasteiger partial charge in [-0.15, -0.1) is 11.3 Å². The number of nitrogens with one attached hydrogen (secondary N) is 1. The molecule has 2 rings (SSSR count). The number of aryl methyl sites for hydroxylation is 1. The van der Waals surface area contributed by atoms with Crippen LogP contribution in [0.5, 0.6) is 0 Å². The van der Waals surface area contributed by atoms with Gasteiger partial charge < -0.3 is 5.32 Å². The van der Waals surface area contributed by atoms with Crippen molar-refractivity contribution in [3.63, 3.8) is 0 Å². The summed E-state index contributed by atoms with van der Waals surface area (Å²) in [6.07, 6.45) is 2.68. The molecule has 0 amide bonds. The molecule has 0 unspecified atom stereocenters. The van der Waals surface area contributed by atoms with E-state index in [4.69, 9.17) is 0 Å². The lowest BCUT2D eigenvalue weighted by Gasteiger charge is -2.31. The Morgan fingerprint density at radius 1 is 1.42 bits per heavy atom. The zero-order valence-corrected chi connectivity index (χ0v) is 13.9. The average Bonchev–Trinajstić information content (AvgIpc) is 2.81. The Morgan fingerprint density at radius 2 is 2.16 bits per heavy atom. The molecule has 0 spiro atoms. The third-order valence-electron chi connectivity index (χ3n) is 4.19. The Kier molecular flexibility index (Phi) is 4.70. The van der Waals surface area contributed by atoms with Crippen molar-refractivity contribution in [2.75, 3.05) is 6.54 Å². The van der Waals surface area contributed by atoms with E-state index in [9.17, 15) is 0 Å². The molecule has 2 heterocycles. The second-order valence-corrected chi connectivity index (χ2v) is 8.01. The number of nitrogens with zero attached hydrogens (tertiary/aromatic N) is 1. The van der Waals surface area contributed by atoms with Crippen LogP contribution in [0.3, 0.4) is 0 Å². The van der Waals surface area contributed by atoms with E-state index in [0.29, 0.717) is 11.6 Å². The summed E-state index contributed by atoms with van der Waals surface area (Å²) >= 11 is 1.95. The highest BCUT2D eigenvalue weighted by Crippen LogP contribution is 2.32. The topological polar surface area (TPSA) is 15.3 Å². The molecule has 1 fully saturated rings. The number of hydrogen-bond acceptors (Lipinski definition) is 3. The van der Waals surface area contributed by atoms with E-state index in [-0.39, 0.29) is 0 Å². The molecular weight excluding hydrogens is 252 g/mol. The quantitative estimate of drug-likeness (QED) is 0.879. The number of hydrogen-bond donors (Lipinski definition) is 1. The van der Waals surface area contributed by atoms with Crippen LogP contribution in [0.4, 0.5) is 0 Å². The van der Waals surface area contributed by atoms with Gasteiger partial charge in [-0.05, 0) is 51.8 Å². The van der Waals surface area contributed by atoms with Crippen molar-refractivity contribution in [1.29, 1.82) is 0 Å². The lowest BCUT2D eigenvalue weighted by atomic mass is 10.0. The van der Waals surface area contributed by atoms with E-state index in [0.717, 1.165) is 13.1 Å². The van der Waals surface area contributed by atoms with Gasteiger partial charge in [-0.1, -0.05) is 13.8 Å². The van der Waals surface area contributed by atoms with E-state index < -0.39 is 0 Å². The van der Waals surface area contributed by atoms with Crippen LogP contribution in [0.2, 0.25) is 0 Å². The first-order valence-electron chi connectivity index (χ1n) is 7.45. The van der Waals surface area contributed by atoms with Gasteiger partial charge in [0.2, 0.25) is 0 Å². The van der Waals surface area contributed by atoms with Crippen LogP contribution in [0, 0.1) is 6.92 Å². The lowest BCUT2D eigenvalue weighted by Crippen LogP contribution is -2.37. The molecule has 1 saturated heterocycles. The lowest BCUT2D eigenvalue weighted by molar-refractivity contribution is 0.166. The molecule has 1 N–H and O–H groups in total. The second kappa shape index (κ2) is 5.94. The predicted molar refractivity (Wildman–Crippen MR) is 84.8 cm³/mol. The maximum Gasteiger partial charge on any atom is 0.0302 e. The molecule has 0 bridgehead atoms. The fourth-order valence-electron chi connectivity index (χ4n) is 2.80. The highest BCUT2D eigenvalue weighted by molar-refractivity contribution is 7.12. The van der Waals surface area contributed by atoms with E-state index in [1.165, 1.54) is 34.7 Å².